The minimum atomic E-state index is -0.397. The van der Waals surface area contributed by atoms with Gasteiger partial charge in [0.25, 0.3) is 5.56 Å². The Kier molecular flexibility index (Phi) is 2.59. The standard InChI is InChI=1S/C8H6ClN5O/c9-6-7(12-4-13-8(6)15)14-5-1-10-3-11-2-5/h1-4H,(H2,12,13,14,15). The summed E-state index contributed by atoms with van der Waals surface area (Å²) >= 11 is 5.73. The third-order valence-corrected chi connectivity index (χ3v) is 1.97. The molecule has 0 bridgehead atoms. The lowest BCUT2D eigenvalue weighted by molar-refractivity contribution is 1.11. The van der Waals surface area contributed by atoms with Gasteiger partial charge in [0.2, 0.25) is 0 Å². The third-order valence-electron chi connectivity index (χ3n) is 1.62. The molecule has 6 nitrogen and oxygen atoms in total. The molecule has 0 radical (unpaired) electrons. The van der Waals surface area contributed by atoms with Crippen molar-refractivity contribution in [1.82, 2.24) is 19.9 Å². The highest BCUT2D eigenvalue weighted by atomic mass is 35.5. The molecule has 2 aromatic heterocycles. The first-order valence-corrected chi connectivity index (χ1v) is 4.40. The van der Waals surface area contributed by atoms with Gasteiger partial charge in [-0.15, -0.1) is 0 Å². The van der Waals surface area contributed by atoms with Gasteiger partial charge in [0.05, 0.1) is 24.4 Å². The van der Waals surface area contributed by atoms with Gasteiger partial charge in [-0.05, 0) is 0 Å². The maximum absolute atomic E-state index is 11.1. The summed E-state index contributed by atoms with van der Waals surface area (Å²) in [6.07, 6.45) is 5.76. The molecule has 0 atom stereocenters. The average Bonchev–Trinajstić information content (AvgIpc) is 2.26. The first kappa shape index (κ1) is 9.60. The van der Waals surface area contributed by atoms with Gasteiger partial charge < -0.3 is 10.3 Å². The largest absolute Gasteiger partial charge is 0.336 e. The second kappa shape index (κ2) is 4.05. The molecule has 0 fully saturated rings. The van der Waals surface area contributed by atoms with Gasteiger partial charge in [-0.25, -0.2) is 15.0 Å². The smallest absolute Gasteiger partial charge is 0.271 e. The van der Waals surface area contributed by atoms with Crippen LogP contribution in [0.3, 0.4) is 0 Å². The summed E-state index contributed by atoms with van der Waals surface area (Å²) in [7, 11) is 0. The lowest BCUT2D eigenvalue weighted by Crippen LogP contribution is -2.09. The fourth-order valence-corrected chi connectivity index (χ4v) is 1.12. The van der Waals surface area contributed by atoms with Crippen LogP contribution in [0.1, 0.15) is 0 Å². The molecule has 0 spiro atoms. The molecule has 2 heterocycles. The van der Waals surface area contributed by atoms with E-state index in [9.17, 15) is 4.79 Å². The van der Waals surface area contributed by atoms with Gasteiger partial charge in [0.15, 0.2) is 5.82 Å². The monoisotopic (exact) mass is 223 g/mol. The lowest BCUT2D eigenvalue weighted by atomic mass is 10.5. The first-order valence-electron chi connectivity index (χ1n) is 4.02. The molecular weight excluding hydrogens is 218 g/mol. The van der Waals surface area contributed by atoms with Crippen LogP contribution in [0.4, 0.5) is 11.5 Å². The van der Waals surface area contributed by atoms with Crippen molar-refractivity contribution in [1.29, 1.82) is 0 Å². The van der Waals surface area contributed by atoms with E-state index in [4.69, 9.17) is 11.6 Å². The molecule has 2 N–H and O–H groups in total. The van der Waals surface area contributed by atoms with E-state index in [0.717, 1.165) is 0 Å². The number of aromatic nitrogens is 4. The topological polar surface area (TPSA) is 83.6 Å². The highest BCUT2D eigenvalue weighted by Gasteiger charge is 2.05. The van der Waals surface area contributed by atoms with Gasteiger partial charge in [-0.1, -0.05) is 11.6 Å². The number of hydrogen-bond donors (Lipinski definition) is 2. The minimum Gasteiger partial charge on any atom is -0.336 e. The van der Waals surface area contributed by atoms with E-state index in [0.29, 0.717) is 5.69 Å². The quantitative estimate of drug-likeness (QED) is 0.792. The lowest BCUT2D eigenvalue weighted by Gasteiger charge is -2.04. The molecule has 0 aliphatic rings. The molecule has 0 aromatic carbocycles. The summed E-state index contributed by atoms with van der Waals surface area (Å²) < 4.78 is 0. The van der Waals surface area contributed by atoms with E-state index in [1.54, 1.807) is 12.4 Å². The fraction of sp³-hybridized carbons (Fsp3) is 0. The molecule has 76 valence electrons. The van der Waals surface area contributed by atoms with Crippen molar-refractivity contribution in [3.05, 3.63) is 40.4 Å². The van der Waals surface area contributed by atoms with Crippen molar-refractivity contribution in [2.75, 3.05) is 5.32 Å². The fourth-order valence-electron chi connectivity index (χ4n) is 0.971. The van der Waals surface area contributed by atoms with Gasteiger partial charge in [-0.3, -0.25) is 4.79 Å². The van der Waals surface area contributed by atoms with Gasteiger partial charge >= 0.3 is 0 Å². The van der Waals surface area contributed by atoms with Crippen LogP contribution in [0.25, 0.3) is 0 Å². The Hall–Kier alpha value is -1.95. The van der Waals surface area contributed by atoms with E-state index in [-0.39, 0.29) is 10.8 Å². The van der Waals surface area contributed by atoms with Crippen LogP contribution in [-0.2, 0) is 0 Å². The predicted molar refractivity (Wildman–Crippen MR) is 55.2 cm³/mol. The van der Waals surface area contributed by atoms with Gasteiger partial charge in [0, 0.05) is 0 Å². The summed E-state index contributed by atoms with van der Waals surface area (Å²) in [5.41, 5.74) is 0.212. The number of aromatic amines is 1. The minimum absolute atomic E-state index is 0.00125. The van der Waals surface area contributed by atoms with Crippen LogP contribution < -0.4 is 10.9 Å². The second-order valence-electron chi connectivity index (χ2n) is 2.65. The molecular formula is C8H6ClN5O. The Morgan fingerprint density at radius 3 is 2.80 bits per heavy atom. The molecule has 2 rings (SSSR count). The highest BCUT2D eigenvalue weighted by molar-refractivity contribution is 6.32. The molecule has 0 aliphatic heterocycles. The molecule has 15 heavy (non-hydrogen) atoms. The van der Waals surface area contributed by atoms with Crippen LogP contribution >= 0.6 is 11.6 Å². The summed E-state index contributed by atoms with van der Waals surface area (Å²) in [6.45, 7) is 0. The maximum Gasteiger partial charge on any atom is 0.271 e. The normalized spacial score (nSPS) is 9.93. The number of nitrogens with one attached hydrogen (secondary N) is 2. The maximum atomic E-state index is 11.1. The first-order chi connectivity index (χ1) is 7.27. The summed E-state index contributed by atoms with van der Waals surface area (Å²) in [5, 5.41) is 2.83. The Morgan fingerprint density at radius 1 is 1.33 bits per heavy atom. The van der Waals surface area contributed by atoms with Crippen molar-refractivity contribution < 1.29 is 0 Å². The number of anilines is 2. The Labute approximate surface area is 89.4 Å². The average molecular weight is 224 g/mol. The van der Waals surface area contributed by atoms with Crippen LogP contribution in [0.5, 0.6) is 0 Å². The number of hydrogen-bond acceptors (Lipinski definition) is 5. The zero-order chi connectivity index (χ0) is 10.7. The zero-order valence-electron chi connectivity index (χ0n) is 7.44. The third kappa shape index (κ3) is 2.10. The van der Waals surface area contributed by atoms with Crippen LogP contribution in [0, 0.1) is 0 Å². The van der Waals surface area contributed by atoms with E-state index < -0.39 is 5.56 Å². The summed E-state index contributed by atoms with van der Waals surface area (Å²) in [5.74, 6) is 0.273. The van der Waals surface area contributed by atoms with Crippen LogP contribution in [-0.4, -0.2) is 19.9 Å². The summed E-state index contributed by atoms with van der Waals surface area (Å²) in [4.78, 5) is 25.0. The molecule has 0 saturated carbocycles. The number of H-pyrrole nitrogens is 1. The number of halogens is 1. The van der Waals surface area contributed by atoms with Crippen molar-refractivity contribution in [3.8, 4) is 0 Å². The molecule has 0 unspecified atom stereocenters. The van der Waals surface area contributed by atoms with E-state index in [1.165, 1.54) is 12.7 Å². The Morgan fingerprint density at radius 2 is 2.07 bits per heavy atom. The molecule has 0 aliphatic carbocycles. The predicted octanol–water partition coefficient (Wildman–Crippen LogP) is 0.957. The van der Waals surface area contributed by atoms with E-state index >= 15 is 0 Å². The van der Waals surface area contributed by atoms with E-state index in [2.05, 4.69) is 25.3 Å². The molecule has 0 amide bonds. The highest BCUT2D eigenvalue weighted by Crippen LogP contribution is 2.17. The van der Waals surface area contributed by atoms with Crippen molar-refractivity contribution in [2.24, 2.45) is 0 Å². The second-order valence-corrected chi connectivity index (χ2v) is 3.02. The van der Waals surface area contributed by atoms with Crippen molar-refractivity contribution in [2.45, 2.75) is 0 Å². The molecule has 7 heteroatoms. The van der Waals surface area contributed by atoms with E-state index in [1.807, 2.05) is 0 Å². The molecule has 2 aromatic rings. The summed E-state index contributed by atoms with van der Waals surface area (Å²) in [6, 6.07) is 0. The zero-order valence-corrected chi connectivity index (χ0v) is 8.19. The molecule has 0 saturated heterocycles. The van der Waals surface area contributed by atoms with Crippen molar-refractivity contribution in [3.63, 3.8) is 0 Å². The SMILES string of the molecule is O=c1[nH]cnc(Nc2cncnc2)c1Cl. The van der Waals surface area contributed by atoms with Crippen molar-refractivity contribution >= 4 is 23.1 Å². The van der Waals surface area contributed by atoms with Crippen LogP contribution in [0.2, 0.25) is 5.02 Å². The van der Waals surface area contributed by atoms with Gasteiger partial charge in [-0.2, -0.15) is 0 Å². The number of nitrogens with zero attached hydrogens (tertiary/aromatic N) is 3. The Balaban J connectivity index is 2.33. The van der Waals surface area contributed by atoms with Crippen LogP contribution in [0.15, 0.2) is 29.8 Å². The number of rotatable bonds is 2. The van der Waals surface area contributed by atoms with Gasteiger partial charge in [0.1, 0.15) is 11.3 Å². The Bertz CT molecular complexity index is 512.